The van der Waals surface area contributed by atoms with E-state index in [0.717, 1.165) is 16.3 Å². The SMILES string of the molecule is O=C(/C=C/c1ccccc1)Oc1cc(O)c2ccccc2c1. The molecule has 0 bridgehead atoms. The Balaban J connectivity index is 1.78. The predicted molar refractivity (Wildman–Crippen MR) is 86.7 cm³/mol. The molecule has 3 nitrogen and oxygen atoms in total. The van der Waals surface area contributed by atoms with Crippen LogP contribution in [0, 0.1) is 0 Å². The van der Waals surface area contributed by atoms with Crippen LogP contribution in [0.5, 0.6) is 11.5 Å². The van der Waals surface area contributed by atoms with E-state index < -0.39 is 5.97 Å². The molecule has 22 heavy (non-hydrogen) atoms. The molecule has 0 unspecified atom stereocenters. The van der Waals surface area contributed by atoms with Crippen molar-refractivity contribution >= 4 is 22.8 Å². The Hall–Kier alpha value is -3.07. The Labute approximate surface area is 128 Å². The monoisotopic (exact) mass is 290 g/mol. The highest BCUT2D eigenvalue weighted by atomic mass is 16.5. The Bertz CT molecular complexity index is 836. The van der Waals surface area contributed by atoms with Crippen molar-refractivity contribution in [3.8, 4) is 11.5 Å². The number of aromatic hydroxyl groups is 1. The van der Waals surface area contributed by atoms with Gasteiger partial charge in [0.25, 0.3) is 0 Å². The first-order valence-corrected chi connectivity index (χ1v) is 6.89. The van der Waals surface area contributed by atoms with Crippen molar-refractivity contribution in [1.29, 1.82) is 0 Å². The Morgan fingerprint density at radius 2 is 1.68 bits per heavy atom. The molecule has 0 heterocycles. The van der Waals surface area contributed by atoms with E-state index in [1.807, 2.05) is 54.6 Å². The maximum atomic E-state index is 11.8. The Morgan fingerprint density at radius 1 is 0.955 bits per heavy atom. The molecule has 0 atom stereocenters. The van der Waals surface area contributed by atoms with Crippen LogP contribution in [0.15, 0.2) is 72.8 Å². The van der Waals surface area contributed by atoms with Crippen molar-refractivity contribution in [2.24, 2.45) is 0 Å². The van der Waals surface area contributed by atoms with E-state index in [2.05, 4.69) is 0 Å². The highest BCUT2D eigenvalue weighted by molar-refractivity contribution is 5.92. The van der Waals surface area contributed by atoms with Crippen molar-refractivity contribution in [2.45, 2.75) is 0 Å². The van der Waals surface area contributed by atoms with Crippen molar-refractivity contribution in [3.05, 3.63) is 78.4 Å². The second-order valence-corrected chi connectivity index (χ2v) is 4.83. The predicted octanol–water partition coefficient (Wildman–Crippen LogP) is 4.16. The molecule has 0 aliphatic heterocycles. The molecule has 1 N–H and O–H groups in total. The number of phenolic OH excluding ortho intramolecular Hbond substituents is 1. The number of carbonyl (C=O) groups is 1. The maximum Gasteiger partial charge on any atom is 0.336 e. The molecule has 0 saturated carbocycles. The fraction of sp³-hybridized carbons (Fsp3) is 0. The van der Waals surface area contributed by atoms with Crippen LogP contribution in [0.1, 0.15) is 5.56 Å². The number of esters is 1. The molecule has 0 amide bonds. The van der Waals surface area contributed by atoms with Gasteiger partial charge in [-0.05, 0) is 23.1 Å². The van der Waals surface area contributed by atoms with Crippen LogP contribution in [0.3, 0.4) is 0 Å². The van der Waals surface area contributed by atoms with Crippen LogP contribution in [-0.4, -0.2) is 11.1 Å². The Morgan fingerprint density at radius 3 is 2.50 bits per heavy atom. The van der Waals surface area contributed by atoms with Crippen molar-refractivity contribution in [1.82, 2.24) is 0 Å². The average molecular weight is 290 g/mol. The van der Waals surface area contributed by atoms with Gasteiger partial charge < -0.3 is 9.84 Å². The minimum Gasteiger partial charge on any atom is -0.507 e. The average Bonchev–Trinajstić information content (AvgIpc) is 2.54. The third-order valence-electron chi connectivity index (χ3n) is 3.24. The molecular weight excluding hydrogens is 276 g/mol. The van der Waals surface area contributed by atoms with E-state index in [9.17, 15) is 9.90 Å². The van der Waals surface area contributed by atoms with Gasteiger partial charge in [-0.1, -0.05) is 54.6 Å². The molecule has 0 aromatic heterocycles. The summed E-state index contributed by atoms with van der Waals surface area (Å²) in [7, 11) is 0. The number of benzene rings is 3. The molecule has 0 saturated heterocycles. The molecule has 3 rings (SSSR count). The van der Waals surface area contributed by atoms with E-state index in [1.54, 1.807) is 12.1 Å². The zero-order chi connectivity index (χ0) is 15.4. The molecule has 0 aliphatic rings. The summed E-state index contributed by atoms with van der Waals surface area (Å²) in [5, 5.41) is 11.5. The van der Waals surface area contributed by atoms with E-state index in [-0.39, 0.29) is 5.75 Å². The standard InChI is InChI=1S/C19H14O3/c20-18-13-16(12-15-8-4-5-9-17(15)18)22-19(21)11-10-14-6-2-1-3-7-14/h1-13,20H/b11-10+. The fourth-order valence-electron chi connectivity index (χ4n) is 2.20. The highest BCUT2D eigenvalue weighted by Crippen LogP contribution is 2.30. The summed E-state index contributed by atoms with van der Waals surface area (Å²) >= 11 is 0. The van der Waals surface area contributed by atoms with Gasteiger partial charge in [0.2, 0.25) is 0 Å². The summed E-state index contributed by atoms with van der Waals surface area (Å²) in [5.41, 5.74) is 0.917. The quantitative estimate of drug-likeness (QED) is 0.447. The number of phenols is 1. The molecule has 0 spiro atoms. The van der Waals surface area contributed by atoms with E-state index >= 15 is 0 Å². The number of rotatable bonds is 3. The highest BCUT2D eigenvalue weighted by Gasteiger charge is 2.06. The van der Waals surface area contributed by atoms with Crippen LogP contribution >= 0.6 is 0 Å². The second kappa shape index (κ2) is 6.14. The summed E-state index contributed by atoms with van der Waals surface area (Å²) in [5.74, 6) is -0.0783. The number of fused-ring (bicyclic) bond motifs is 1. The van der Waals surface area contributed by atoms with E-state index in [0.29, 0.717) is 5.75 Å². The molecule has 0 aliphatic carbocycles. The lowest BCUT2D eigenvalue weighted by Crippen LogP contribution is -2.03. The van der Waals surface area contributed by atoms with Gasteiger partial charge in [0.15, 0.2) is 0 Å². The summed E-state index contributed by atoms with van der Waals surface area (Å²) in [4.78, 5) is 11.8. The van der Waals surface area contributed by atoms with Gasteiger partial charge in [-0.25, -0.2) is 4.79 Å². The van der Waals surface area contributed by atoms with Gasteiger partial charge in [0.1, 0.15) is 11.5 Å². The van der Waals surface area contributed by atoms with Crippen molar-refractivity contribution in [2.75, 3.05) is 0 Å². The fourth-order valence-corrected chi connectivity index (χ4v) is 2.20. The lowest BCUT2D eigenvalue weighted by atomic mass is 10.1. The third kappa shape index (κ3) is 3.15. The number of carbonyl (C=O) groups excluding carboxylic acids is 1. The number of hydrogen-bond acceptors (Lipinski definition) is 3. The van der Waals surface area contributed by atoms with Gasteiger partial charge in [0.05, 0.1) is 0 Å². The molecule has 108 valence electrons. The molecule has 0 radical (unpaired) electrons. The molecular formula is C19H14O3. The topological polar surface area (TPSA) is 46.5 Å². The van der Waals surface area contributed by atoms with Gasteiger partial charge in [-0.15, -0.1) is 0 Å². The third-order valence-corrected chi connectivity index (χ3v) is 3.24. The molecule has 3 aromatic carbocycles. The second-order valence-electron chi connectivity index (χ2n) is 4.83. The van der Waals surface area contributed by atoms with Crippen LogP contribution in [0.25, 0.3) is 16.8 Å². The van der Waals surface area contributed by atoms with Gasteiger partial charge >= 0.3 is 5.97 Å². The maximum absolute atomic E-state index is 11.8. The van der Waals surface area contributed by atoms with Crippen molar-refractivity contribution in [3.63, 3.8) is 0 Å². The zero-order valence-corrected chi connectivity index (χ0v) is 11.8. The normalized spacial score (nSPS) is 10.9. The van der Waals surface area contributed by atoms with Crippen LogP contribution in [-0.2, 0) is 4.79 Å². The lowest BCUT2D eigenvalue weighted by molar-refractivity contribution is -0.128. The molecule has 3 heteroatoms. The lowest BCUT2D eigenvalue weighted by Gasteiger charge is -2.05. The van der Waals surface area contributed by atoms with E-state index in [1.165, 1.54) is 12.1 Å². The smallest absolute Gasteiger partial charge is 0.336 e. The Kier molecular flexibility index (Phi) is 3.88. The van der Waals surface area contributed by atoms with Crippen LogP contribution in [0.2, 0.25) is 0 Å². The largest absolute Gasteiger partial charge is 0.507 e. The summed E-state index contributed by atoms with van der Waals surface area (Å²) in [6, 6.07) is 20.0. The van der Waals surface area contributed by atoms with Crippen LogP contribution in [0.4, 0.5) is 0 Å². The number of ether oxygens (including phenoxy) is 1. The van der Waals surface area contributed by atoms with Crippen molar-refractivity contribution < 1.29 is 14.6 Å². The minimum absolute atomic E-state index is 0.0907. The van der Waals surface area contributed by atoms with E-state index in [4.69, 9.17) is 4.74 Å². The first-order chi connectivity index (χ1) is 10.7. The molecule has 0 fully saturated rings. The summed E-state index contributed by atoms with van der Waals surface area (Å²) < 4.78 is 5.24. The summed E-state index contributed by atoms with van der Waals surface area (Å²) in [6.07, 6.45) is 3.05. The van der Waals surface area contributed by atoms with Gasteiger partial charge in [-0.2, -0.15) is 0 Å². The van der Waals surface area contributed by atoms with Gasteiger partial charge in [0, 0.05) is 17.5 Å². The first kappa shape index (κ1) is 13.9. The minimum atomic E-state index is -0.487. The van der Waals surface area contributed by atoms with Gasteiger partial charge in [-0.3, -0.25) is 0 Å². The molecule has 3 aromatic rings. The zero-order valence-electron chi connectivity index (χ0n) is 11.8. The number of hydrogen-bond donors (Lipinski definition) is 1. The van der Waals surface area contributed by atoms with Crippen LogP contribution < -0.4 is 4.74 Å². The first-order valence-electron chi connectivity index (χ1n) is 6.89. The summed E-state index contributed by atoms with van der Waals surface area (Å²) in [6.45, 7) is 0.